The molecule has 1 aromatic rings. The first kappa shape index (κ1) is 12.6. The number of carboxylic acid groups (broad SMARTS) is 1. The van der Waals surface area contributed by atoms with Gasteiger partial charge in [-0.2, -0.15) is 0 Å². The average molecular weight is 226 g/mol. The van der Waals surface area contributed by atoms with Crippen molar-refractivity contribution in [2.24, 2.45) is 5.41 Å². The highest BCUT2D eigenvalue weighted by Crippen LogP contribution is 2.24. The smallest absolute Gasteiger partial charge is 0.309 e. The number of carboxylic acids is 1. The topological polar surface area (TPSA) is 57.5 Å². The third kappa shape index (κ3) is 2.79. The lowest BCUT2D eigenvalue weighted by Crippen LogP contribution is -2.26. The summed E-state index contributed by atoms with van der Waals surface area (Å²) in [7, 11) is 0. The van der Waals surface area contributed by atoms with Gasteiger partial charge in [0.25, 0.3) is 0 Å². The Labute approximate surface area is 93.5 Å². The minimum atomic E-state index is -1.02. The molecule has 0 aromatic heterocycles. The molecule has 0 atom stereocenters. The number of rotatable bonds is 4. The van der Waals surface area contributed by atoms with E-state index in [9.17, 15) is 9.18 Å². The molecule has 1 rings (SSSR count). The van der Waals surface area contributed by atoms with Crippen molar-refractivity contribution in [2.45, 2.75) is 26.9 Å². The van der Waals surface area contributed by atoms with Gasteiger partial charge in [-0.3, -0.25) is 4.79 Å². The van der Waals surface area contributed by atoms with Gasteiger partial charge < -0.3 is 10.2 Å². The molecule has 0 aliphatic carbocycles. The second-order valence-electron chi connectivity index (χ2n) is 4.45. The Balaban J connectivity index is 3.00. The maximum atomic E-state index is 13.4. The number of halogens is 1. The van der Waals surface area contributed by atoms with E-state index in [4.69, 9.17) is 10.2 Å². The number of hydrogen-bond donors (Lipinski definition) is 2. The molecular weight excluding hydrogens is 211 g/mol. The normalized spacial score (nSPS) is 11.5. The molecule has 16 heavy (non-hydrogen) atoms. The zero-order chi connectivity index (χ0) is 12.3. The van der Waals surface area contributed by atoms with Crippen LogP contribution in [-0.2, 0) is 17.8 Å². The lowest BCUT2D eigenvalue weighted by atomic mass is 9.85. The molecule has 0 saturated heterocycles. The van der Waals surface area contributed by atoms with Crippen LogP contribution < -0.4 is 0 Å². The van der Waals surface area contributed by atoms with Gasteiger partial charge in [0.1, 0.15) is 5.82 Å². The van der Waals surface area contributed by atoms with Gasteiger partial charge in [0.05, 0.1) is 12.0 Å². The molecule has 0 aliphatic rings. The number of aliphatic carboxylic acids is 1. The summed E-state index contributed by atoms with van der Waals surface area (Å²) in [6.45, 7) is 2.90. The average Bonchev–Trinajstić information content (AvgIpc) is 2.21. The summed E-state index contributed by atoms with van der Waals surface area (Å²) >= 11 is 0. The van der Waals surface area contributed by atoms with Gasteiger partial charge in [-0.25, -0.2) is 4.39 Å². The van der Waals surface area contributed by atoms with Crippen molar-refractivity contribution in [3.8, 4) is 0 Å². The van der Waals surface area contributed by atoms with E-state index in [0.29, 0.717) is 11.1 Å². The molecule has 0 amide bonds. The minimum absolute atomic E-state index is 0.0992. The highest BCUT2D eigenvalue weighted by molar-refractivity contribution is 5.74. The lowest BCUT2D eigenvalue weighted by Gasteiger charge is -2.19. The van der Waals surface area contributed by atoms with Gasteiger partial charge in [-0.15, -0.1) is 0 Å². The maximum absolute atomic E-state index is 13.4. The molecule has 3 nitrogen and oxygen atoms in total. The Kier molecular flexibility index (Phi) is 3.65. The third-order valence-electron chi connectivity index (χ3n) is 2.50. The third-order valence-corrected chi connectivity index (χ3v) is 2.50. The van der Waals surface area contributed by atoms with Crippen LogP contribution in [0.4, 0.5) is 4.39 Å². The van der Waals surface area contributed by atoms with Crippen molar-refractivity contribution in [2.75, 3.05) is 0 Å². The number of aliphatic hydroxyl groups is 1. The quantitative estimate of drug-likeness (QED) is 0.825. The molecule has 0 spiro atoms. The number of hydrogen-bond acceptors (Lipinski definition) is 2. The Hall–Kier alpha value is -1.42. The summed E-state index contributed by atoms with van der Waals surface area (Å²) in [6, 6.07) is 4.23. The molecule has 0 fully saturated rings. The first-order valence-electron chi connectivity index (χ1n) is 4.98. The summed E-state index contributed by atoms with van der Waals surface area (Å²) in [5.74, 6) is -1.41. The molecular formula is C12H15FO3. The van der Waals surface area contributed by atoms with Gasteiger partial charge in [0.15, 0.2) is 0 Å². The zero-order valence-corrected chi connectivity index (χ0v) is 9.33. The van der Waals surface area contributed by atoms with Crippen LogP contribution in [0, 0.1) is 11.2 Å². The Morgan fingerprint density at radius 3 is 2.56 bits per heavy atom. The van der Waals surface area contributed by atoms with Crippen molar-refractivity contribution >= 4 is 5.97 Å². The first-order valence-corrected chi connectivity index (χ1v) is 4.98. The maximum Gasteiger partial charge on any atom is 0.309 e. The molecule has 0 radical (unpaired) electrons. The highest BCUT2D eigenvalue weighted by atomic mass is 19.1. The van der Waals surface area contributed by atoms with Gasteiger partial charge in [-0.1, -0.05) is 12.1 Å². The van der Waals surface area contributed by atoms with Crippen LogP contribution >= 0.6 is 0 Å². The fourth-order valence-corrected chi connectivity index (χ4v) is 1.41. The predicted molar refractivity (Wildman–Crippen MR) is 57.4 cm³/mol. The monoisotopic (exact) mass is 226 g/mol. The van der Waals surface area contributed by atoms with Crippen molar-refractivity contribution in [3.05, 3.63) is 35.1 Å². The SMILES string of the molecule is CC(C)(Cc1cc(CO)ccc1F)C(=O)O. The largest absolute Gasteiger partial charge is 0.481 e. The van der Waals surface area contributed by atoms with Crippen LogP contribution in [0.3, 0.4) is 0 Å². The predicted octanol–water partition coefficient (Wildman–Crippen LogP) is 1.97. The molecule has 2 N–H and O–H groups in total. The Morgan fingerprint density at radius 1 is 1.44 bits per heavy atom. The zero-order valence-electron chi connectivity index (χ0n) is 9.33. The molecule has 88 valence electrons. The highest BCUT2D eigenvalue weighted by Gasteiger charge is 2.28. The number of benzene rings is 1. The van der Waals surface area contributed by atoms with Crippen molar-refractivity contribution in [1.29, 1.82) is 0 Å². The second kappa shape index (κ2) is 4.61. The molecule has 0 unspecified atom stereocenters. The summed E-state index contributed by atoms with van der Waals surface area (Å²) < 4.78 is 13.4. The first-order chi connectivity index (χ1) is 7.36. The fraction of sp³-hybridized carbons (Fsp3) is 0.417. The lowest BCUT2D eigenvalue weighted by molar-refractivity contribution is -0.146. The fourth-order valence-electron chi connectivity index (χ4n) is 1.41. The van der Waals surface area contributed by atoms with Crippen LogP contribution in [0.15, 0.2) is 18.2 Å². The summed E-state index contributed by atoms with van der Waals surface area (Å²) in [6.07, 6.45) is 0.0992. The van der Waals surface area contributed by atoms with E-state index >= 15 is 0 Å². The molecule has 0 aliphatic heterocycles. The molecule has 0 saturated carbocycles. The van der Waals surface area contributed by atoms with Gasteiger partial charge >= 0.3 is 5.97 Å². The van der Waals surface area contributed by atoms with Gasteiger partial charge in [-0.05, 0) is 37.5 Å². The Bertz CT molecular complexity index is 399. The van der Waals surface area contributed by atoms with E-state index in [0.717, 1.165) is 0 Å². The van der Waals surface area contributed by atoms with E-state index in [1.165, 1.54) is 18.2 Å². The summed E-state index contributed by atoms with van der Waals surface area (Å²) in [5.41, 5.74) is -0.119. The van der Waals surface area contributed by atoms with E-state index in [-0.39, 0.29) is 13.0 Å². The molecule has 4 heteroatoms. The number of aliphatic hydroxyl groups excluding tert-OH is 1. The van der Waals surface area contributed by atoms with Crippen molar-refractivity contribution in [1.82, 2.24) is 0 Å². The van der Waals surface area contributed by atoms with E-state index in [2.05, 4.69) is 0 Å². The standard InChI is InChI=1S/C12H15FO3/c1-12(2,11(15)16)6-9-5-8(7-14)3-4-10(9)13/h3-5,14H,6-7H2,1-2H3,(H,15,16). The van der Waals surface area contributed by atoms with E-state index in [1.54, 1.807) is 13.8 Å². The van der Waals surface area contributed by atoms with E-state index < -0.39 is 17.2 Å². The minimum Gasteiger partial charge on any atom is -0.481 e. The summed E-state index contributed by atoms with van der Waals surface area (Å²) in [4.78, 5) is 10.9. The molecule has 1 aromatic carbocycles. The summed E-state index contributed by atoms with van der Waals surface area (Å²) in [5, 5.41) is 17.9. The molecule has 0 heterocycles. The van der Waals surface area contributed by atoms with Gasteiger partial charge in [0.2, 0.25) is 0 Å². The second-order valence-corrected chi connectivity index (χ2v) is 4.45. The van der Waals surface area contributed by atoms with Crippen LogP contribution in [-0.4, -0.2) is 16.2 Å². The van der Waals surface area contributed by atoms with Gasteiger partial charge in [0, 0.05) is 0 Å². The Morgan fingerprint density at radius 2 is 2.06 bits per heavy atom. The van der Waals surface area contributed by atoms with Crippen molar-refractivity contribution < 1.29 is 19.4 Å². The number of carbonyl (C=O) groups is 1. The van der Waals surface area contributed by atoms with Crippen LogP contribution in [0.5, 0.6) is 0 Å². The van der Waals surface area contributed by atoms with Crippen LogP contribution in [0.2, 0.25) is 0 Å². The molecule has 0 bridgehead atoms. The van der Waals surface area contributed by atoms with E-state index in [1.807, 2.05) is 0 Å². The van der Waals surface area contributed by atoms with Crippen LogP contribution in [0.1, 0.15) is 25.0 Å². The van der Waals surface area contributed by atoms with Crippen LogP contribution in [0.25, 0.3) is 0 Å². The van der Waals surface area contributed by atoms with Crippen molar-refractivity contribution in [3.63, 3.8) is 0 Å².